The molecular formula is C22H19BrN2O3S. The van der Waals surface area contributed by atoms with Gasteiger partial charge in [-0.05, 0) is 30.7 Å². The molecule has 2 heterocycles. The van der Waals surface area contributed by atoms with Gasteiger partial charge in [0.05, 0.1) is 18.3 Å². The summed E-state index contributed by atoms with van der Waals surface area (Å²) in [4.78, 5) is 19.4. The van der Waals surface area contributed by atoms with E-state index < -0.39 is 6.10 Å². The average Bonchev–Trinajstić information content (AvgIpc) is 3.06. The van der Waals surface area contributed by atoms with E-state index in [1.165, 1.54) is 22.2 Å². The number of nitrogens with zero attached hydrogens (tertiary/aromatic N) is 2. The number of aliphatic hydroxyl groups excluding tert-OH is 1. The van der Waals surface area contributed by atoms with Crippen molar-refractivity contribution in [1.29, 1.82) is 0 Å². The number of fused-ring (bicyclic) bond motifs is 1. The molecule has 0 radical (unpaired) electrons. The maximum absolute atomic E-state index is 13.2. The Bertz CT molecular complexity index is 1200. The molecule has 0 saturated heterocycles. The largest absolute Gasteiger partial charge is 0.491 e. The highest BCUT2D eigenvalue weighted by atomic mass is 79.9. The molecule has 1 atom stereocenters. The molecule has 0 bridgehead atoms. The summed E-state index contributed by atoms with van der Waals surface area (Å²) in [6.07, 6.45) is 0.656. The molecular weight excluding hydrogens is 452 g/mol. The summed E-state index contributed by atoms with van der Waals surface area (Å²) in [5.74, 6) is 0.652. The van der Waals surface area contributed by atoms with Gasteiger partial charge in [0, 0.05) is 14.9 Å². The van der Waals surface area contributed by atoms with Crippen molar-refractivity contribution in [3.63, 3.8) is 0 Å². The zero-order valence-electron chi connectivity index (χ0n) is 15.7. The fourth-order valence-corrected chi connectivity index (χ4v) is 4.63. The van der Waals surface area contributed by atoms with Crippen LogP contribution in [0.4, 0.5) is 0 Å². The second-order valence-electron chi connectivity index (χ2n) is 6.70. The van der Waals surface area contributed by atoms with Crippen molar-refractivity contribution in [2.45, 2.75) is 19.6 Å². The predicted molar refractivity (Wildman–Crippen MR) is 120 cm³/mol. The van der Waals surface area contributed by atoms with Crippen LogP contribution in [0, 0.1) is 6.92 Å². The molecule has 29 heavy (non-hydrogen) atoms. The van der Waals surface area contributed by atoms with Crippen LogP contribution in [-0.4, -0.2) is 27.4 Å². The monoisotopic (exact) mass is 470 g/mol. The molecule has 0 saturated carbocycles. The molecule has 0 aliphatic heterocycles. The Morgan fingerprint density at radius 3 is 2.76 bits per heavy atom. The highest BCUT2D eigenvalue weighted by Crippen LogP contribution is 2.35. The minimum absolute atomic E-state index is 0.0785. The highest BCUT2D eigenvalue weighted by Gasteiger charge is 2.18. The maximum Gasteiger partial charge on any atom is 0.262 e. The summed E-state index contributed by atoms with van der Waals surface area (Å²) in [6, 6.07) is 17.2. The fraction of sp³-hybridized carbons (Fsp3) is 0.182. The van der Waals surface area contributed by atoms with Crippen LogP contribution in [-0.2, 0) is 6.54 Å². The topological polar surface area (TPSA) is 64.3 Å². The molecule has 2 aromatic carbocycles. The summed E-state index contributed by atoms with van der Waals surface area (Å²) < 4.78 is 7.99. The van der Waals surface area contributed by atoms with Gasteiger partial charge in [-0.15, -0.1) is 11.3 Å². The van der Waals surface area contributed by atoms with E-state index in [1.807, 2.05) is 61.5 Å². The average molecular weight is 471 g/mol. The van der Waals surface area contributed by atoms with Gasteiger partial charge in [-0.25, -0.2) is 4.98 Å². The van der Waals surface area contributed by atoms with E-state index in [4.69, 9.17) is 4.74 Å². The number of ether oxygens (including phenoxy) is 1. The van der Waals surface area contributed by atoms with Crippen molar-refractivity contribution >= 4 is 37.5 Å². The van der Waals surface area contributed by atoms with Gasteiger partial charge in [0.15, 0.2) is 0 Å². The Morgan fingerprint density at radius 1 is 1.21 bits per heavy atom. The third kappa shape index (κ3) is 4.27. The van der Waals surface area contributed by atoms with Crippen molar-refractivity contribution in [3.05, 3.63) is 80.6 Å². The van der Waals surface area contributed by atoms with E-state index in [9.17, 15) is 9.90 Å². The van der Waals surface area contributed by atoms with Crippen LogP contribution in [0.5, 0.6) is 5.75 Å². The Kier molecular flexibility index (Phi) is 5.80. The molecule has 0 amide bonds. The van der Waals surface area contributed by atoms with Crippen molar-refractivity contribution in [1.82, 2.24) is 9.55 Å². The lowest BCUT2D eigenvalue weighted by Crippen LogP contribution is -2.30. The number of thiophene rings is 1. The van der Waals surface area contributed by atoms with Crippen LogP contribution in [0.2, 0.25) is 0 Å². The first-order valence-electron chi connectivity index (χ1n) is 9.13. The Labute approximate surface area is 180 Å². The molecule has 1 unspecified atom stereocenters. The lowest BCUT2D eigenvalue weighted by atomic mass is 10.0. The van der Waals surface area contributed by atoms with Gasteiger partial charge < -0.3 is 9.84 Å². The zero-order valence-corrected chi connectivity index (χ0v) is 18.1. The quantitative estimate of drug-likeness (QED) is 0.445. The first kappa shape index (κ1) is 19.8. The summed E-state index contributed by atoms with van der Waals surface area (Å²) in [6.45, 7) is 2.19. The number of hydrogen-bond donors (Lipinski definition) is 1. The molecule has 4 rings (SSSR count). The van der Waals surface area contributed by atoms with Crippen molar-refractivity contribution in [3.8, 4) is 16.9 Å². The van der Waals surface area contributed by atoms with Gasteiger partial charge in [-0.3, -0.25) is 9.36 Å². The van der Waals surface area contributed by atoms with Gasteiger partial charge in [0.25, 0.3) is 5.56 Å². The van der Waals surface area contributed by atoms with Gasteiger partial charge in [-0.1, -0.05) is 52.3 Å². The first-order valence-corrected chi connectivity index (χ1v) is 10.7. The zero-order chi connectivity index (χ0) is 20.4. The molecule has 7 heteroatoms. The number of aryl methyl sites for hydroxylation is 1. The van der Waals surface area contributed by atoms with Gasteiger partial charge in [0.2, 0.25) is 0 Å². The second-order valence-corrected chi connectivity index (χ2v) is 8.82. The molecule has 5 nitrogen and oxygen atoms in total. The third-order valence-electron chi connectivity index (χ3n) is 4.56. The number of rotatable bonds is 6. The van der Waals surface area contributed by atoms with Gasteiger partial charge in [0.1, 0.15) is 23.3 Å². The van der Waals surface area contributed by atoms with Crippen molar-refractivity contribution < 1.29 is 9.84 Å². The van der Waals surface area contributed by atoms with E-state index in [1.54, 1.807) is 0 Å². The molecule has 1 N–H and O–H groups in total. The van der Waals surface area contributed by atoms with Crippen molar-refractivity contribution in [2.75, 3.05) is 6.61 Å². The predicted octanol–water partition coefficient (Wildman–Crippen LogP) is 4.64. The molecule has 0 fully saturated rings. The normalized spacial score (nSPS) is 12.2. The number of halogens is 1. The fourth-order valence-electron chi connectivity index (χ4n) is 3.25. The number of hydrogen-bond acceptors (Lipinski definition) is 5. The van der Waals surface area contributed by atoms with Crippen LogP contribution >= 0.6 is 27.3 Å². The minimum atomic E-state index is -0.842. The second kappa shape index (κ2) is 8.49. The summed E-state index contributed by atoms with van der Waals surface area (Å²) in [5, 5.41) is 11.0. The lowest BCUT2D eigenvalue weighted by molar-refractivity contribution is 0.0914. The number of benzene rings is 2. The van der Waals surface area contributed by atoms with E-state index in [0.29, 0.717) is 16.0 Å². The Hall–Kier alpha value is -2.48. The van der Waals surface area contributed by atoms with E-state index in [-0.39, 0.29) is 18.7 Å². The molecule has 4 aromatic rings. The maximum atomic E-state index is 13.2. The number of aliphatic hydroxyl groups is 1. The van der Waals surface area contributed by atoms with Crippen LogP contribution in [0.25, 0.3) is 21.3 Å². The Balaban J connectivity index is 1.60. The molecule has 148 valence electrons. The highest BCUT2D eigenvalue weighted by molar-refractivity contribution is 9.10. The standard InChI is InChI=1S/C22H19BrN2O3S/c1-14-19(15-6-3-2-4-7-15)20-21(29-14)24-13-25(22(20)27)11-17(26)12-28-18-9-5-8-16(23)10-18/h2-10,13,17,26H,11-12H2,1H3. The summed E-state index contributed by atoms with van der Waals surface area (Å²) in [7, 11) is 0. The van der Waals surface area contributed by atoms with Gasteiger partial charge in [-0.2, -0.15) is 0 Å². The summed E-state index contributed by atoms with van der Waals surface area (Å²) in [5.41, 5.74) is 1.75. The van der Waals surface area contributed by atoms with Crippen molar-refractivity contribution in [2.24, 2.45) is 0 Å². The first-order chi connectivity index (χ1) is 14.0. The van der Waals surface area contributed by atoms with E-state index in [0.717, 1.165) is 20.5 Å². The van der Waals surface area contributed by atoms with Crippen LogP contribution in [0.15, 0.2) is 70.2 Å². The van der Waals surface area contributed by atoms with Gasteiger partial charge >= 0.3 is 0 Å². The minimum Gasteiger partial charge on any atom is -0.491 e. The van der Waals surface area contributed by atoms with E-state index in [2.05, 4.69) is 20.9 Å². The number of aromatic nitrogens is 2. The summed E-state index contributed by atoms with van der Waals surface area (Å²) >= 11 is 4.90. The lowest BCUT2D eigenvalue weighted by Gasteiger charge is -2.14. The van der Waals surface area contributed by atoms with E-state index >= 15 is 0 Å². The molecule has 0 aliphatic carbocycles. The van der Waals surface area contributed by atoms with Crippen LogP contribution in [0.3, 0.4) is 0 Å². The van der Waals surface area contributed by atoms with Crippen LogP contribution in [0.1, 0.15) is 4.88 Å². The molecule has 0 spiro atoms. The molecule has 0 aliphatic rings. The van der Waals surface area contributed by atoms with Crippen LogP contribution < -0.4 is 10.3 Å². The Morgan fingerprint density at radius 2 is 2.00 bits per heavy atom. The smallest absolute Gasteiger partial charge is 0.262 e. The molecule has 2 aromatic heterocycles. The SMILES string of the molecule is Cc1sc2ncn(CC(O)COc3cccc(Br)c3)c(=O)c2c1-c1ccccc1. The third-order valence-corrected chi connectivity index (χ3v) is 6.07.